The van der Waals surface area contributed by atoms with Gasteiger partial charge in [0.25, 0.3) is 0 Å². The lowest BCUT2D eigenvalue weighted by molar-refractivity contribution is 0.0786. The van der Waals surface area contributed by atoms with E-state index in [4.69, 9.17) is 4.74 Å². The lowest BCUT2D eigenvalue weighted by atomic mass is 10.0. The number of fused-ring (bicyclic) bond motifs is 1. The van der Waals surface area contributed by atoms with Gasteiger partial charge >= 0.3 is 0 Å². The van der Waals surface area contributed by atoms with Crippen LogP contribution < -0.4 is 0 Å². The number of hydrogen-bond donors (Lipinski definition) is 1. The van der Waals surface area contributed by atoms with Gasteiger partial charge in [-0.25, -0.2) is 4.68 Å². The van der Waals surface area contributed by atoms with E-state index in [2.05, 4.69) is 73.3 Å². The van der Waals surface area contributed by atoms with Gasteiger partial charge in [0.15, 0.2) is 0 Å². The molecule has 0 amide bonds. The van der Waals surface area contributed by atoms with Gasteiger partial charge in [0.05, 0.1) is 6.20 Å². The molecule has 0 radical (unpaired) electrons. The number of aromatic nitrogens is 3. The molecule has 0 spiro atoms. The highest BCUT2D eigenvalue weighted by atomic mass is 28.3. The highest BCUT2D eigenvalue weighted by Crippen LogP contribution is 2.33. The van der Waals surface area contributed by atoms with Gasteiger partial charge in [-0.05, 0) is 51.9 Å². The molecule has 166 valence electrons. The normalized spacial score (nSPS) is 12.4. The first-order valence-electron chi connectivity index (χ1n) is 10.9. The average molecular weight is 438 g/mol. The lowest BCUT2D eigenvalue weighted by Gasteiger charge is -2.15. The van der Waals surface area contributed by atoms with Crippen molar-refractivity contribution in [2.45, 2.75) is 71.8 Å². The van der Waals surface area contributed by atoms with Crippen molar-refractivity contribution in [1.29, 1.82) is 0 Å². The van der Waals surface area contributed by atoms with Gasteiger partial charge in [-0.1, -0.05) is 31.5 Å². The zero-order chi connectivity index (χ0) is 22.8. The topological polar surface area (TPSA) is 52.2 Å². The van der Waals surface area contributed by atoms with E-state index in [0.29, 0.717) is 12.8 Å². The summed E-state index contributed by atoms with van der Waals surface area (Å²) in [6.45, 7) is 16.1. The second kappa shape index (κ2) is 9.03. The molecular weight excluding hydrogens is 402 g/mol. The fourth-order valence-corrected chi connectivity index (χ4v) is 4.08. The summed E-state index contributed by atoms with van der Waals surface area (Å²) < 4.78 is 9.98. The van der Waals surface area contributed by atoms with E-state index in [9.17, 15) is 5.11 Å². The molecule has 1 aromatic carbocycles. The molecule has 5 nitrogen and oxygen atoms in total. The molecule has 6 heteroatoms. The largest absolute Gasteiger partial charge is 0.378 e. The van der Waals surface area contributed by atoms with E-state index in [1.807, 2.05) is 23.1 Å². The summed E-state index contributed by atoms with van der Waals surface area (Å²) >= 11 is 0. The maximum Gasteiger partial charge on any atom is 0.139 e. The minimum Gasteiger partial charge on any atom is -0.378 e. The second-order valence-corrected chi connectivity index (χ2v) is 15.8. The molecule has 3 aromatic rings. The molecule has 0 aliphatic carbocycles. The summed E-state index contributed by atoms with van der Waals surface area (Å²) in [6.07, 6.45) is 6.13. The summed E-state index contributed by atoms with van der Waals surface area (Å²) in [7, 11) is -1.09. The third-order valence-corrected chi connectivity index (χ3v) is 6.77. The van der Waals surface area contributed by atoms with Crippen molar-refractivity contribution in [3.63, 3.8) is 0 Å². The fraction of sp³-hybridized carbons (Fsp3) is 0.480. The number of aliphatic hydroxyl groups is 1. The van der Waals surface area contributed by atoms with Crippen molar-refractivity contribution in [2.24, 2.45) is 0 Å². The third-order valence-electron chi connectivity index (χ3n) is 5.07. The van der Waals surface area contributed by atoms with Gasteiger partial charge in [0, 0.05) is 60.7 Å². The van der Waals surface area contributed by atoms with E-state index < -0.39 is 13.7 Å². The van der Waals surface area contributed by atoms with E-state index in [0.717, 1.165) is 40.2 Å². The maximum atomic E-state index is 9.94. The molecule has 3 rings (SSSR count). The number of rotatable bonds is 7. The molecule has 1 N–H and O–H groups in total. The third kappa shape index (κ3) is 6.33. The van der Waals surface area contributed by atoms with Crippen molar-refractivity contribution < 1.29 is 9.84 Å². The zero-order valence-electron chi connectivity index (χ0n) is 19.9. The Hall–Kier alpha value is -2.33. The average Bonchev–Trinajstić information content (AvgIpc) is 3.26. The quantitative estimate of drug-likeness (QED) is 0.301. The Balaban J connectivity index is 1.90. The van der Waals surface area contributed by atoms with Crippen LogP contribution in [0.4, 0.5) is 0 Å². The minimum absolute atomic E-state index is 0.338. The van der Waals surface area contributed by atoms with Crippen LogP contribution in [-0.2, 0) is 11.5 Å². The Kier molecular flexibility index (Phi) is 6.80. The molecule has 0 atom stereocenters. The molecule has 2 aromatic heterocycles. The predicted octanol–water partition coefficient (Wildman–Crippen LogP) is 5.52. The van der Waals surface area contributed by atoms with Crippen LogP contribution in [0, 0.1) is 11.8 Å². The van der Waals surface area contributed by atoms with Crippen LogP contribution in [-0.4, -0.2) is 39.7 Å². The van der Waals surface area contributed by atoms with Gasteiger partial charge < -0.3 is 14.4 Å². The molecule has 0 saturated carbocycles. The van der Waals surface area contributed by atoms with Crippen LogP contribution in [0.5, 0.6) is 0 Å². The standard InChI is InChI=1S/C25H35N3O2Si/c1-19(2)28-17-23(21-15-26-27(16-21)18-30-12-13-31(5,6)7)22-14-20(8-9-24(22)28)10-11-25(3,4)29/h8-9,14-17,19,29H,12-13,18H2,1-7H3. The lowest BCUT2D eigenvalue weighted by Crippen LogP contribution is -2.22. The van der Waals surface area contributed by atoms with Crippen molar-refractivity contribution in [1.82, 2.24) is 14.3 Å². The van der Waals surface area contributed by atoms with Crippen molar-refractivity contribution in [3.8, 4) is 23.0 Å². The Morgan fingerprint density at radius 2 is 1.94 bits per heavy atom. The van der Waals surface area contributed by atoms with E-state index >= 15 is 0 Å². The molecule has 2 heterocycles. The van der Waals surface area contributed by atoms with Crippen LogP contribution in [0.1, 0.15) is 39.3 Å². The van der Waals surface area contributed by atoms with Crippen LogP contribution in [0.2, 0.25) is 25.7 Å². The molecular formula is C25H35N3O2Si. The van der Waals surface area contributed by atoms with E-state index in [-0.39, 0.29) is 0 Å². The summed E-state index contributed by atoms with van der Waals surface area (Å²) in [5, 5.41) is 15.6. The van der Waals surface area contributed by atoms with Gasteiger partial charge in [0.1, 0.15) is 12.3 Å². The highest BCUT2D eigenvalue weighted by molar-refractivity contribution is 6.76. The summed E-state index contributed by atoms with van der Waals surface area (Å²) in [5.74, 6) is 6.00. The molecule has 0 aliphatic heterocycles. The minimum atomic E-state index is -1.09. The van der Waals surface area contributed by atoms with Crippen LogP contribution in [0.3, 0.4) is 0 Å². The monoisotopic (exact) mass is 437 g/mol. The van der Waals surface area contributed by atoms with Crippen LogP contribution in [0.25, 0.3) is 22.0 Å². The molecule has 31 heavy (non-hydrogen) atoms. The predicted molar refractivity (Wildman–Crippen MR) is 131 cm³/mol. The first kappa shape index (κ1) is 23.3. The Morgan fingerprint density at radius 3 is 2.58 bits per heavy atom. The van der Waals surface area contributed by atoms with Gasteiger partial charge in [0.2, 0.25) is 0 Å². The number of ether oxygens (including phenoxy) is 1. The van der Waals surface area contributed by atoms with Crippen LogP contribution >= 0.6 is 0 Å². The van der Waals surface area contributed by atoms with E-state index in [1.54, 1.807) is 13.8 Å². The van der Waals surface area contributed by atoms with Gasteiger partial charge in [-0.3, -0.25) is 0 Å². The smallest absolute Gasteiger partial charge is 0.139 e. The number of benzene rings is 1. The Morgan fingerprint density at radius 1 is 1.19 bits per heavy atom. The van der Waals surface area contributed by atoms with Crippen molar-refractivity contribution in [2.75, 3.05) is 6.61 Å². The number of hydrogen-bond acceptors (Lipinski definition) is 3. The van der Waals surface area contributed by atoms with Gasteiger partial charge in [-0.15, -0.1) is 0 Å². The maximum absolute atomic E-state index is 9.94. The SMILES string of the molecule is CC(C)n1cc(-c2cnn(COCC[Si](C)(C)C)c2)c2cc(C#CC(C)(C)O)ccc21. The summed E-state index contributed by atoms with van der Waals surface area (Å²) in [6, 6.07) is 7.71. The molecule has 0 bridgehead atoms. The summed E-state index contributed by atoms with van der Waals surface area (Å²) in [5.41, 5.74) is 3.23. The summed E-state index contributed by atoms with van der Waals surface area (Å²) in [4.78, 5) is 0. The van der Waals surface area contributed by atoms with Gasteiger partial charge in [-0.2, -0.15) is 5.10 Å². The van der Waals surface area contributed by atoms with E-state index in [1.165, 1.54) is 0 Å². The van der Waals surface area contributed by atoms with Crippen molar-refractivity contribution >= 4 is 19.0 Å². The second-order valence-electron chi connectivity index (χ2n) is 10.2. The molecule has 0 unspecified atom stereocenters. The highest BCUT2D eigenvalue weighted by Gasteiger charge is 2.15. The van der Waals surface area contributed by atoms with Crippen molar-refractivity contribution in [3.05, 3.63) is 42.4 Å². The fourth-order valence-electron chi connectivity index (χ4n) is 3.32. The Bertz CT molecular complexity index is 1100. The first-order valence-corrected chi connectivity index (χ1v) is 14.6. The number of nitrogens with zero attached hydrogens (tertiary/aromatic N) is 3. The van der Waals surface area contributed by atoms with Crippen LogP contribution in [0.15, 0.2) is 36.8 Å². The first-order chi connectivity index (χ1) is 14.4. The molecule has 0 saturated heterocycles. The Labute approximate surface area is 187 Å². The molecule has 0 fully saturated rings. The molecule has 0 aliphatic rings. The zero-order valence-corrected chi connectivity index (χ0v) is 20.9.